The molecule has 2 aliphatic rings. The van der Waals surface area contributed by atoms with Gasteiger partial charge in [-0.3, -0.25) is 4.90 Å². The summed E-state index contributed by atoms with van der Waals surface area (Å²) in [5.74, 6) is 0.131. The number of amidine groups is 1. The number of anilines is 1. The molecule has 1 unspecified atom stereocenters. The van der Waals surface area contributed by atoms with Crippen molar-refractivity contribution in [3.8, 4) is 0 Å². The van der Waals surface area contributed by atoms with Crippen molar-refractivity contribution >= 4 is 23.1 Å². The molecule has 1 atom stereocenters. The lowest BCUT2D eigenvalue weighted by atomic mass is 10.1. The minimum Gasteiger partial charge on any atom is -0.409 e. The van der Waals surface area contributed by atoms with E-state index in [2.05, 4.69) is 15.0 Å². The Morgan fingerprint density at radius 2 is 2.05 bits per heavy atom. The highest BCUT2D eigenvalue weighted by Crippen LogP contribution is 2.30. The first-order valence-electron chi connectivity index (χ1n) is 7.45. The summed E-state index contributed by atoms with van der Waals surface area (Å²) in [7, 11) is 0. The minimum absolute atomic E-state index is 0.131. The lowest BCUT2D eigenvalue weighted by molar-refractivity contribution is 0.260. The van der Waals surface area contributed by atoms with Crippen molar-refractivity contribution in [2.24, 2.45) is 10.9 Å². The molecule has 0 radical (unpaired) electrons. The molecule has 0 spiro atoms. The van der Waals surface area contributed by atoms with Crippen LogP contribution in [0, 0.1) is 0 Å². The smallest absolute Gasteiger partial charge is 0.172 e. The maximum Gasteiger partial charge on any atom is 0.172 e. The highest BCUT2D eigenvalue weighted by Gasteiger charge is 2.30. The van der Waals surface area contributed by atoms with E-state index in [0.29, 0.717) is 11.1 Å². The van der Waals surface area contributed by atoms with E-state index in [0.717, 1.165) is 30.8 Å². The monoisotopic (exact) mass is 308 g/mol. The van der Waals surface area contributed by atoms with Crippen LogP contribution in [0.4, 0.5) is 5.69 Å². The first kappa shape index (κ1) is 14.5. The van der Waals surface area contributed by atoms with E-state index >= 15 is 0 Å². The van der Waals surface area contributed by atoms with E-state index in [1.807, 2.05) is 12.1 Å². The highest BCUT2D eigenvalue weighted by atomic mass is 35.5. The van der Waals surface area contributed by atoms with Crippen LogP contribution in [0.5, 0.6) is 0 Å². The zero-order valence-corrected chi connectivity index (χ0v) is 12.8. The van der Waals surface area contributed by atoms with Crippen LogP contribution in [0.25, 0.3) is 0 Å². The van der Waals surface area contributed by atoms with Gasteiger partial charge in [0.05, 0.1) is 0 Å². The van der Waals surface area contributed by atoms with E-state index in [9.17, 15) is 0 Å². The normalized spacial score (nSPS) is 24.0. The molecule has 1 aromatic rings. The van der Waals surface area contributed by atoms with Crippen molar-refractivity contribution in [2.75, 3.05) is 31.1 Å². The van der Waals surface area contributed by atoms with Crippen LogP contribution in [-0.2, 0) is 0 Å². The maximum absolute atomic E-state index is 8.95. The third-order valence-electron chi connectivity index (χ3n) is 4.50. The van der Waals surface area contributed by atoms with Crippen molar-refractivity contribution < 1.29 is 5.21 Å². The quantitative estimate of drug-likeness (QED) is 0.388. The lowest BCUT2D eigenvalue weighted by Crippen LogP contribution is -2.35. The van der Waals surface area contributed by atoms with E-state index in [-0.39, 0.29) is 5.84 Å². The molecule has 3 N–H and O–H groups in total. The summed E-state index contributed by atoms with van der Waals surface area (Å²) in [6, 6.07) is 6.09. The fourth-order valence-corrected chi connectivity index (χ4v) is 3.57. The Labute approximate surface area is 130 Å². The molecule has 114 valence electrons. The van der Waals surface area contributed by atoms with Gasteiger partial charge in [0.15, 0.2) is 5.84 Å². The summed E-state index contributed by atoms with van der Waals surface area (Å²) in [5, 5.41) is 12.8. The van der Waals surface area contributed by atoms with Gasteiger partial charge >= 0.3 is 0 Å². The SMILES string of the molecule is NC(=NO)c1ccc(Cl)cc1N1CCC(N2CCCC2)C1. The van der Waals surface area contributed by atoms with Crippen molar-refractivity contribution in [2.45, 2.75) is 25.3 Å². The van der Waals surface area contributed by atoms with Crippen LogP contribution in [0.1, 0.15) is 24.8 Å². The van der Waals surface area contributed by atoms with Gasteiger partial charge in [0.2, 0.25) is 0 Å². The topological polar surface area (TPSA) is 65.1 Å². The molecule has 21 heavy (non-hydrogen) atoms. The number of nitrogens with zero attached hydrogens (tertiary/aromatic N) is 3. The predicted octanol–water partition coefficient (Wildman–Crippen LogP) is 2.11. The molecule has 2 fully saturated rings. The molecule has 5 nitrogen and oxygen atoms in total. The third-order valence-corrected chi connectivity index (χ3v) is 4.74. The maximum atomic E-state index is 8.95. The van der Waals surface area contributed by atoms with E-state index < -0.39 is 0 Å². The van der Waals surface area contributed by atoms with Crippen molar-refractivity contribution in [1.82, 2.24) is 4.90 Å². The Morgan fingerprint density at radius 3 is 2.76 bits per heavy atom. The average Bonchev–Trinajstić information content (AvgIpc) is 3.17. The molecule has 0 amide bonds. The second-order valence-electron chi connectivity index (χ2n) is 5.78. The van der Waals surface area contributed by atoms with Crippen LogP contribution in [0.15, 0.2) is 23.4 Å². The van der Waals surface area contributed by atoms with Gasteiger partial charge in [-0.25, -0.2) is 0 Å². The molecular weight excluding hydrogens is 288 g/mol. The Kier molecular flexibility index (Phi) is 4.22. The van der Waals surface area contributed by atoms with Gasteiger partial charge < -0.3 is 15.8 Å². The van der Waals surface area contributed by atoms with Crippen molar-refractivity contribution in [3.63, 3.8) is 0 Å². The number of halogens is 1. The minimum atomic E-state index is 0.131. The first-order valence-corrected chi connectivity index (χ1v) is 7.83. The Bertz CT molecular complexity index is 542. The number of nitrogens with two attached hydrogens (primary N) is 1. The molecule has 3 rings (SSSR count). The Hall–Kier alpha value is -1.46. The molecular formula is C15H21ClN4O. The number of benzene rings is 1. The fraction of sp³-hybridized carbons (Fsp3) is 0.533. The predicted molar refractivity (Wildman–Crippen MR) is 85.4 cm³/mol. The number of likely N-dealkylation sites (tertiary alicyclic amines) is 1. The zero-order valence-electron chi connectivity index (χ0n) is 12.0. The van der Waals surface area contributed by atoms with Crippen LogP contribution in [-0.4, -0.2) is 48.2 Å². The molecule has 6 heteroatoms. The van der Waals surface area contributed by atoms with Gasteiger partial charge in [0.25, 0.3) is 0 Å². The summed E-state index contributed by atoms with van der Waals surface area (Å²) in [6.07, 6.45) is 3.77. The summed E-state index contributed by atoms with van der Waals surface area (Å²) >= 11 is 6.13. The molecule has 2 heterocycles. The number of hydrogen-bond acceptors (Lipinski definition) is 4. The molecule has 0 bridgehead atoms. The Morgan fingerprint density at radius 1 is 1.29 bits per heavy atom. The summed E-state index contributed by atoms with van der Waals surface area (Å²) in [5.41, 5.74) is 7.49. The zero-order chi connectivity index (χ0) is 14.8. The first-order chi connectivity index (χ1) is 10.2. The summed E-state index contributed by atoms with van der Waals surface area (Å²) < 4.78 is 0. The number of oxime groups is 1. The van der Waals surface area contributed by atoms with Gasteiger partial charge in [-0.1, -0.05) is 16.8 Å². The van der Waals surface area contributed by atoms with Crippen LogP contribution in [0.2, 0.25) is 5.02 Å². The van der Waals surface area contributed by atoms with Gasteiger partial charge in [-0.05, 0) is 50.6 Å². The molecule has 2 saturated heterocycles. The van der Waals surface area contributed by atoms with E-state index in [1.165, 1.54) is 25.9 Å². The van der Waals surface area contributed by atoms with Crippen molar-refractivity contribution in [3.05, 3.63) is 28.8 Å². The van der Waals surface area contributed by atoms with Gasteiger partial charge in [-0.2, -0.15) is 0 Å². The number of hydrogen-bond donors (Lipinski definition) is 2. The van der Waals surface area contributed by atoms with Gasteiger partial charge in [-0.15, -0.1) is 0 Å². The summed E-state index contributed by atoms with van der Waals surface area (Å²) in [4.78, 5) is 4.87. The van der Waals surface area contributed by atoms with Crippen molar-refractivity contribution in [1.29, 1.82) is 0 Å². The van der Waals surface area contributed by atoms with E-state index in [1.54, 1.807) is 6.07 Å². The Balaban J connectivity index is 1.82. The van der Waals surface area contributed by atoms with Crippen LogP contribution in [0.3, 0.4) is 0 Å². The largest absolute Gasteiger partial charge is 0.409 e. The van der Waals surface area contributed by atoms with E-state index in [4.69, 9.17) is 22.5 Å². The molecule has 0 saturated carbocycles. The summed E-state index contributed by atoms with van der Waals surface area (Å²) in [6.45, 7) is 4.38. The second kappa shape index (κ2) is 6.12. The third kappa shape index (κ3) is 2.94. The van der Waals surface area contributed by atoms with Gasteiger partial charge in [0.1, 0.15) is 0 Å². The molecule has 2 aliphatic heterocycles. The average molecular weight is 309 g/mol. The lowest BCUT2D eigenvalue weighted by Gasteiger charge is -2.25. The van der Waals surface area contributed by atoms with Crippen LogP contribution >= 0.6 is 11.6 Å². The number of rotatable bonds is 3. The standard InChI is InChI=1S/C15H21ClN4O/c16-11-3-4-13(15(17)18-21)14(9-11)20-8-5-12(10-20)19-6-1-2-7-19/h3-4,9,12,21H,1-2,5-8,10H2,(H2,17,18). The van der Waals surface area contributed by atoms with Gasteiger partial charge in [0, 0.05) is 35.4 Å². The fourth-order valence-electron chi connectivity index (χ4n) is 3.40. The molecule has 0 aliphatic carbocycles. The van der Waals surface area contributed by atoms with Crippen LogP contribution < -0.4 is 10.6 Å². The second-order valence-corrected chi connectivity index (χ2v) is 6.21. The molecule has 1 aromatic carbocycles. The highest BCUT2D eigenvalue weighted by molar-refractivity contribution is 6.31. The molecule has 0 aromatic heterocycles.